The molecule has 3 N–H and O–H groups in total. The van der Waals surface area contributed by atoms with Crippen LogP contribution < -0.4 is 10.5 Å². The molecular weight excluding hydrogens is 346 g/mol. The Balaban J connectivity index is 1.85. The van der Waals surface area contributed by atoms with E-state index in [1.54, 1.807) is 13.0 Å². The fourth-order valence-electron chi connectivity index (χ4n) is 2.77. The number of anilines is 1. The lowest BCUT2D eigenvalue weighted by molar-refractivity contribution is 0.102. The number of fused-ring (bicyclic) bond motifs is 1. The quantitative estimate of drug-likeness (QED) is 0.816. The van der Waals surface area contributed by atoms with Gasteiger partial charge in [-0.05, 0) is 50.3 Å². The number of primary sulfonamides is 1. The molecule has 0 saturated heterocycles. The number of sulfonamides is 1. The Morgan fingerprint density at radius 1 is 1.25 bits per heavy atom. The number of hydrogen-bond acceptors (Lipinski definition) is 5. The molecule has 0 aliphatic heterocycles. The zero-order valence-electron chi connectivity index (χ0n) is 13.3. The molecule has 6 nitrogen and oxygen atoms in total. The van der Waals surface area contributed by atoms with Crippen LogP contribution in [-0.4, -0.2) is 19.3 Å². The van der Waals surface area contributed by atoms with Gasteiger partial charge in [-0.3, -0.25) is 10.1 Å². The molecule has 0 radical (unpaired) electrons. The molecule has 0 fully saturated rings. The van der Waals surface area contributed by atoms with E-state index in [-0.39, 0.29) is 16.4 Å². The highest BCUT2D eigenvalue weighted by Gasteiger charge is 2.18. The number of aromatic nitrogens is 1. The van der Waals surface area contributed by atoms with Crippen LogP contribution in [0.1, 0.15) is 45.8 Å². The van der Waals surface area contributed by atoms with Crippen molar-refractivity contribution in [2.24, 2.45) is 5.14 Å². The zero-order chi connectivity index (χ0) is 17.3. The van der Waals surface area contributed by atoms with Crippen molar-refractivity contribution in [3.8, 4) is 0 Å². The van der Waals surface area contributed by atoms with Gasteiger partial charge in [0.05, 0.1) is 10.6 Å². The Morgan fingerprint density at radius 3 is 2.75 bits per heavy atom. The fourth-order valence-corrected chi connectivity index (χ4v) is 4.35. The van der Waals surface area contributed by atoms with Gasteiger partial charge in [-0.2, -0.15) is 0 Å². The van der Waals surface area contributed by atoms with Gasteiger partial charge < -0.3 is 0 Å². The third-order valence-electron chi connectivity index (χ3n) is 4.10. The SMILES string of the molecule is Cc1ccc(S(N)(=O)=O)cc1C(=O)Nc1nc2c(s1)CCCCC2. The molecule has 0 spiro atoms. The first-order valence-corrected chi connectivity index (χ1v) is 10.1. The van der Waals surface area contributed by atoms with Crippen LogP contribution >= 0.6 is 11.3 Å². The van der Waals surface area contributed by atoms with Crippen molar-refractivity contribution in [2.75, 3.05) is 5.32 Å². The summed E-state index contributed by atoms with van der Waals surface area (Å²) in [4.78, 5) is 18.2. The van der Waals surface area contributed by atoms with Gasteiger partial charge in [-0.1, -0.05) is 12.5 Å². The van der Waals surface area contributed by atoms with E-state index in [0.29, 0.717) is 10.7 Å². The van der Waals surface area contributed by atoms with Crippen LogP contribution in [0.3, 0.4) is 0 Å². The van der Waals surface area contributed by atoms with E-state index in [1.165, 1.54) is 34.8 Å². The van der Waals surface area contributed by atoms with E-state index < -0.39 is 10.0 Å². The van der Waals surface area contributed by atoms with Crippen LogP contribution in [0.25, 0.3) is 0 Å². The Labute approximate surface area is 145 Å². The lowest BCUT2D eigenvalue weighted by atomic mass is 10.1. The monoisotopic (exact) mass is 365 g/mol. The average molecular weight is 365 g/mol. The lowest BCUT2D eigenvalue weighted by Gasteiger charge is -2.07. The minimum Gasteiger partial charge on any atom is -0.298 e. The molecule has 1 aliphatic rings. The lowest BCUT2D eigenvalue weighted by Crippen LogP contribution is -2.17. The summed E-state index contributed by atoms with van der Waals surface area (Å²) in [5, 5.41) is 8.49. The Hall–Kier alpha value is -1.77. The number of hydrogen-bond donors (Lipinski definition) is 2. The minimum atomic E-state index is -3.85. The number of nitrogens with two attached hydrogens (primary N) is 1. The number of nitrogens with zero attached hydrogens (tertiary/aromatic N) is 1. The normalized spacial score (nSPS) is 14.8. The molecule has 1 aliphatic carbocycles. The Bertz CT molecular complexity index is 864. The first-order chi connectivity index (χ1) is 11.3. The second kappa shape index (κ2) is 6.62. The van der Waals surface area contributed by atoms with Crippen molar-refractivity contribution in [1.82, 2.24) is 4.98 Å². The molecule has 0 unspecified atom stereocenters. The summed E-state index contributed by atoms with van der Waals surface area (Å²) in [5.74, 6) is -0.373. The van der Waals surface area contributed by atoms with Gasteiger partial charge in [0.1, 0.15) is 0 Å². The van der Waals surface area contributed by atoms with Gasteiger partial charge in [0, 0.05) is 10.4 Å². The number of benzene rings is 1. The maximum atomic E-state index is 12.5. The molecule has 3 rings (SSSR count). The number of rotatable bonds is 3. The fraction of sp³-hybridized carbons (Fsp3) is 0.375. The third-order valence-corrected chi connectivity index (χ3v) is 6.08. The number of amides is 1. The zero-order valence-corrected chi connectivity index (χ0v) is 15.0. The molecule has 0 atom stereocenters. The van der Waals surface area contributed by atoms with Crippen LogP contribution in [-0.2, 0) is 22.9 Å². The van der Waals surface area contributed by atoms with Gasteiger partial charge in [0.2, 0.25) is 10.0 Å². The van der Waals surface area contributed by atoms with Crippen molar-refractivity contribution in [1.29, 1.82) is 0 Å². The number of carbonyl (C=O) groups is 1. The van der Waals surface area contributed by atoms with Crippen molar-refractivity contribution in [2.45, 2.75) is 43.9 Å². The number of carbonyl (C=O) groups excluding carboxylic acids is 1. The van der Waals surface area contributed by atoms with Crippen LogP contribution in [0.5, 0.6) is 0 Å². The predicted molar refractivity (Wildman–Crippen MR) is 93.9 cm³/mol. The minimum absolute atomic E-state index is 0.0758. The highest BCUT2D eigenvalue weighted by atomic mass is 32.2. The van der Waals surface area contributed by atoms with E-state index in [2.05, 4.69) is 10.3 Å². The summed E-state index contributed by atoms with van der Waals surface area (Å²) in [7, 11) is -3.85. The summed E-state index contributed by atoms with van der Waals surface area (Å²) >= 11 is 1.50. The van der Waals surface area contributed by atoms with Gasteiger partial charge >= 0.3 is 0 Å². The van der Waals surface area contributed by atoms with Crippen molar-refractivity contribution >= 4 is 32.4 Å². The highest BCUT2D eigenvalue weighted by Crippen LogP contribution is 2.29. The van der Waals surface area contributed by atoms with Gasteiger partial charge in [-0.15, -0.1) is 11.3 Å². The highest BCUT2D eigenvalue weighted by molar-refractivity contribution is 7.89. The van der Waals surface area contributed by atoms with Gasteiger partial charge in [0.25, 0.3) is 5.91 Å². The molecule has 1 aromatic heterocycles. The molecule has 1 heterocycles. The van der Waals surface area contributed by atoms with Crippen LogP contribution in [0.2, 0.25) is 0 Å². The second-order valence-electron chi connectivity index (χ2n) is 5.93. The molecule has 2 aromatic rings. The van der Waals surface area contributed by atoms with Crippen molar-refractivity contribution in [3.63, 3.8) is 0 Å². The average Bonchev–Trinajstić information content (AvgIpc) is 2.75. The summed E-state index contributed by atoms with van der Waals surface area (Å²) in [6.07, 6.45) is 5.44. The number of nitrogens with one attached hydrogen (secondary N) is 1. The third kappa shape index (κ3) is 3.66. The standard InChI is InChI=1S/C16H19N3O3S2/c1-10-7-8-11(24(17,21)22)9-12(10)15(20)19-16-18-13-5-3-2-4-6-14(13)23-16/h7-9H,2-6H2,1H3,(H2,17,21,22)(H,18,19,20). The Kier molecular flexibility index (Phi) is 4.71. The van der Waals surface area contributed by atoms with E-state index >= 15 is 0 Å². The first kappa shape index (κ1) is 17.1. The van der Waals surface area contributed by atoms with E-state index in [9.17, 15) is 13.2 Å². The van der Waals surface area contributed by atoms with Crippen LogP contribution in [0, 0.1) is 6.92 Å². The molecular formula is C16H19N3O3S2. The van der Waals surface area contributed by atoms with Crippen LogP contribution in [0.4, 0.5) is 5.13 Å². The molecule has 8 heteroatoms. The number of aryl methyl sites for hydroxylation is 3. The maximum Gasteiger partial charge on any atom is 0.257 e. The molecule has 24 heavy (non-hydrogen) atoms. The summed E-state index contributed by atoms with van der Waals surface area (Å²) in [5.41, 5.74) is 2.03. The van der Waals surface area contributed by atoms with E-state index in [0.717, 1.165) is 31.4 Å². The predicted octanol–water partition coefficient (Wildman–Crippen LogP) is 2.62. The Morgan fingerprint density at radius 2 is 2.00 bits per heavy atom. The van der Waals surface area contributed by atoms with Crippen molar-refractivity contribution < 1.29 is 13.2 Å². The topological polar surface area (TPSA) is 102 Å². The summed E-state index contributed by atoms with van der Waals surface area (Å²) in [6.45, 7) is 1.75. The molecule has 1 aromatic carbocycles. The smallest absolute Gasteiger partial charge is 0.257 e. The maximum absolute atomic E-state index is 12.5. The largest absolute Gasteiger partial charge is 0.298 e. The van der Waals surface area contributed by atoms with Crippen molar-refractivity contribution in [3.05, 3.63) is 39.9 Å². The van der Waals surface area contributed by atoms with Gasteiger partial charge in [-0.25, -0.2) is 18.5 Å². The summed E-state index contributed by atoms with van der Waals surface area (Å²) in [6, 6.07) is 4.28. The summed E-state index contributed by atoms with van der Waals surface area (Å²) < 4.78 is 23.0. The molecule has 1 amide bonds. The molecule has 0 saturated carbocycles. The van der Waals surface area contributed by atoms with Gasteiger partial charge in [0.15, 0.2) is 5.13 Å². The molecule has 0 bridgehead atoms. The second-order valence-corrected chi connectivity index (χ2v) is 8.57. The number of thiazole rings is 1. The molecule has 128 valence electrons. The van der Waals surface area contributed by atoms with E-state index in [4.69, 9.17) is 5.14 Å². The first-order valence-electron chi connectivity index (χ1n) is 7.78. The van der Waals surface area contributed by atoms with Crippen LogP contribution in [0.15, 0.2) is 23.1 Å². The van der Waals surface area contributed by atoms with E-state index in [1.807, 2.05) is 0 Å².